The van der Waals surface area contributed by atoms with Gasteiger partial charge in [-0.1, -0.05) is 42.6 Å². The van der Waals surface area contributed by atoms with E-state index in [0.29, 0.717) is 29.2 Å². The van der Waals surface area contributed by atoms with Crippen LogP contribution in [0.25, 0.3) is 0 Å². The van der Waals surface area contributed by atoms with Crippen molar-refractivity contribution < 1.29 is 14.4 Å². The van der Waals surface area contributed by atoms with E-state index in [0.717, 1.165) is 37.7 Å². The van der Waals surface area contributed by atoms with Crippen molar-refractivity contribution in [1.82, 2.24) is 10.2 Å². The molecule has 0 spiro atoms. The summed E-state index contributed by atoms with van der Waals surface area (Å²) in [5, 5.41) is 6.10. The quantitative estimate of drug-likeness (QED) is 0.714. The Labute approximate surface area is 193 Å². The highest BCUT2D eigenvalue weighted by molar-refractivity contribution is 6.30. The molecule has 0 unspecified atom stereocenters. The molecule has 1 aliphatic carbocycles. The number of hydrogen-bond acceptors (Lipinski definition) is 3. The molecule has 2 aromatic rings. The zero-order chi connectivity index (χ0) is 22.7. The maximum atomic E-state index is 13.9. The number of anilines is 1. The molecular formula is C25H28ClN3O3. The van der Waals surface area contributed by atoms with Crippen LogP contribution in [0.5, 0.6) is 0 Å². The van der Waals surface area contributed by atoms with Crippen LogP contribution >= 0.6 is 11.6 Å². The first-order chi connectivity index (χ1) is 15.4. The SMILES string of the molecule is CNC(=O)c1cccc(NC(=O)[C@H]2CCCN2C(=O)C2(c3cccc(Cl)c3)CCCC2)c1. The predicted octanol–water partition coefficient (Wildman–Crippen LogP) is 4.14. The number of carbonyl (C=O) groups is 3. The average molecular weight is 454 g/mol. The van der Waals surface area contributed by atoms with E-state index in [9.17, 15) is 14.4 Å². The van der Waals surface area contributed by atoms with Gasteiger partial charge in [0.05, 0.1) is 5.41 Å². The van der Waals surface area contributed by atoms with Crippen molar-refractivity contribution in [2.24, 2.45) is 0 Å². The van der Waals surface area contributed by atoms with Crippen molar-refractivity contribution in [3.8, 4) is 0 Å². The molecule has 6 nitrogen and oxygen atoms in total. The summed E-state index contributed by atoms with van der Waals surface area (Å²) in [5.41, 5.74) is 1.33. The summed E-state index contributed by atoms with van der Waals surface area (Å²) < 4.78 is 0. The number of nitrogens with zero attached hydrogens (tertiary/aromatic N) is 1. The van der Waals surface area contributed by atoms with Crippen LogP contribution < -0.4 is 10.6 Å². The van der Waals surface area contributed by atoms with Gasteiger partial charge in [-0.15, -0.1) is 0 Å². The number of nitrogens with one attached hydrogen (secondary N) is 2. The Balaban J connectivity index is 1.56. The van der Waals surface area contributed by atoms with E-state index in [1.807, 2.05) is 24.3 Å². The molecule has 0 aromatic heterocycles. The summed E-state index contributed by atoms with van der Waals surface area (Å²) in [7, 11) is 1.56. The maximum Gasteiger partial charge on any atom is 0.251 e. The topological polar surface area (TPSA) is 78.5 Å². The van der Waals surface area contributed by atoms with Gasteiger partial charge in [0.2, 0.25) is 11.8 Å². The summed E-state index contributed by atoms with van der Waals surface area (Å²) in [4.78, 5) is 40.7. The largest absolute Gasteiger partial charge is 0.355 e. The van der Waals surface area contributed by atoms with Crippen molar-refractivity contribution in [3.05, 3.63) is 64.7 Å². The monoisotopic (exact) mass is 453 g/mol. The van der Waals surface area contributed by atoms with E-state index in [1.165, 1.54) is 0 Å². The lowest BCUT2D eigenvalue weighted by Crippen LogP contribution is -2.51. The van der Waals surface area contributed by atoms with Crippen LogP contribution in [0.3, 0.4) is 0 Å². The third-order valence-electron chi connectivity index (χ3n) is 6.68. The number of benzene rings is 2. The van der Waals surface area contributed by atoms with E-state index in [-0.39, 0.29) is 17.7 Å². The second-order valence-corrected chi connectivity index (χ2v) is 9.04. The van der Waals surface area contributed by atoms with Crippen molar-refractivity contribution in [2.45, 2.75) is 50.0 Å². The second-order valence-electron chi connectivity index (χ2n) is 8.61. The first-order valence-electron chi connectivity index (χ1n) is 11.1. The maximum absolute atomic E-state index is 13.9. The van der Waals surface area contributed by atoms with Crippen LogP contribution in [0.15, 0.2) is 48.5 Å². The average Bonchev–Trinajstić information content (AvgIpc) is 3.49. The molecule has 1 heterocycles. The molecule has 1 atom stereocenters. The summed E-state index contributed by atoms with van der Waals surface area (Å²) in [6.07, 6.45) is 4.91. The molecular weight excluding hydrogens is 426 g/mol. The Morgan fingerprint density at radius 3 is 2.50 bits per heavy atom. The fourth-order valence-electron chi connectivity index (χ4n) is 5.06. The molecule has 168 valence electrons. The summed E-state index contributed by atoms with van der Waals surface area (Å²) in [6, 6.07) is 13.8. The fourth-order valence-corrected chi connectivity index (χ4v) is 5.25. The molecule has 0 bridgehead atoms. The third-order valence-corrected chi connectivity index (χ3v) is 6.91. The molecule has 2 fully saturated rings. The van der Waals surface area contributed by atoms with Crippen LogP contribution in [-0.4, -0.2) is 42.3 Å². The molecule has 7 heteroatoms. The number of rotatable bonds is 5. The Hall–Kier alpha value is -2.86. The van der Waals surface area contributed by atoms with Gasteiger partial charge in [-0.25, -0.2) is 0 Å². The summed E-state index contributed by atoms with van der Waals surface area (Å²) >= 11 is 6.25. The van der Waals surface area contributed by atoms with Gasteiger partial charge in [-0.3, -0.25) is 14.4 Å². The van der Waals surface area contributed by atoms with Crippen molar-refractivity contribution in [1.29, 1.82) is 0 Å². The van der Waals surface area contributed by atoms with Crippen molar-refractivity contribution in [3.63, 3.8) is 0 Å². The standard InChI is InChI=1S/C25H28ClN3O3/c1-27-22(30)17-7-4-10-20(15-17)28-23(31)21-11-6-14-29(21)24(32)25(12-2-3-13-25)18-8-5-9-19(26)16-18/h4-5,7-10,15-16,21H,2-3,6,11-14H2,1H3,(H,27,30)(H,28,31)/t21-/m1/s1. The van der Waals surface area contributed by atoms with Gasteiger partial charge in [0, 0.05) is 29.9 Å². The predicted molar refractivity (Wildman–Crippen MR) is 125 cm³/mol. The van der Waals surface area contributed by atoms with Crippen LogP contribution in [-0.2, 0) is 15.0 Å². The van der Waals surface area contributed by atoms with Crippen LogP contribution in [0.2, 0.25) is 5.02 Å². The molecule has 1 saturated carbocycles. The normalized spacial score (nSPS) is 19.6. The number of hydrogen-bond donors (Lipinski definition) is 2. The van der Waals surface area contributed by atoms with E-state index in [2.05, 4.69) is 10.6 Å². The van der Waals surface area contributed by atoms with Gasteiger partial charge in [0.1, 0.15) is 6.04 Å². The molecule has 0 radical (unpaired) electrons. The highest BCUT2D eigenvalue weighted by Gasteiger charge is 2.48. The van der Waals surface area contributed by atoms with Gasteiger partial charge >= 0.3 is 0 Å². The van der Waals surface area contributed by atoms with Crippen LogP contribution in [0.4, 0.5) is 5.69 Å². The van der Waals surface area contributed by atoms with E-state index in [1.54, 1.807) is 36.2 Å². The zero-order valence-corrected chi connectivity index (χ0v) is 19.0. The van der Waals surface area contributed by atoms with E-state index < -0.39 is 11.5 Å². The Morgan fingerprint density at radius 2 is 1.78 bits per heavy atom. The third kappa shape index (κ3) is 4.24. The minimum Gasteiger partial charge on any atom is -0.355 e. The molecule has 2 N–H and O–H groups in total. The van der Waals surface area contributed by atoms with Gasteiger partial charge in [-0.2, -0.15) is 0 Å². The molecule has 2 aliphatic rings. The zero-order valence-electron chi connectivity index (χ0n) is 18.2. The first-order valence-corrected chi connectivity index (χ1v) is 11.5. The molecule has 1 saturated heterocycles. The van der Waals surface area contributed by atoms with Gasteiger partial charge < -0.3 is 15.5 Å². The highest BCUT2D eigenvalue weighted by Crippen LogP contribution is 2.44. The lowest BCUT2D eigenvalue weighted by atomic mass is 9.77. The van der Waals surface area contributed by atoms with Gasteiger partial charge in [-0.05, 0) is 61.6 Å². The van der Waals surface area contributed by atoms with E-state index in [4.69, 9.17) is 11.6 Å². The van der Waals surface area contributed by atoms with Crippen LogP contribution in [0.1, 0.15) is 54.4 Å². The molecule has 4 rings (SSSR count). The molecule has 32 heavy (non-hydrogen) atoms. The number of carbonyl (C=O) groups excluding carboxylic acids is 3. The summed E-state index contributed by atoms with van der Waals surface area (Å²) in [5.74, 6) is -0.415. The Morgan fingerprint density at radius 1 is 1.03 bits per heavy atom. The number of likely N-dealkylation sites (tertiary alicyclic amines) is 1. The lowest BCUT2D eigenvalue weighted by molar-refractivity contribution is -0.141. The minimum absolute atomic E-state index is 0.0222. The molecule has 2 aromatic carbocycles. The Bertz CT molecular complexity index is 1030. The van der Waals surface area contributed by atoms with Crippen molar-refractivity contribution in [2.75, 3.05) is 18.9 Å². The van der Waals surface area contributed by atoms with Gasteiger partial charge in [0.25, 0.3) is 5.91 Å². The fraction of sp³-hybridized carbons (Fsp3) is 0.400. The first kappa shape index (κ1) is 22.3. The summed E-state index contributed by atoms with van der Waals surface area (Å²) in [6.45, 7) is 0.567. The second kappa shape index (κ2) is 9.33. The smallest absolute Gasteiger partial charge is 0.251 e. The number of halogens is 1. The lowest BCUT2D eigenvalue weighted by Gasteiger charge is -2.35. The van der Waals surface area contributed by atoms with Crippen LogP contribution in [0, 0.1) is 0 Å². The Kier molecular flexibility index (Phi) is 6.51. The minimum atomic E-state index is -0.618. The van der Waals surface area contributed by atoms with Crippen molar-refractivity contribution >= 4 is 35.0 Å². The highest BCUT2D eigenvalue weighted by atomic mass is 35.5. The molecule has 1 aliphatic heterocycles. The molecule has 3 amide bonds. The number of amides is 3. The van der Waals surface area contributed by atoms with E-state index >= 15 is 0 Å². The van der Waals surface area contributed by atoms with Gasteiger partial charge in [0.15, 0.2) is 0 Å².